The van der Waals surface area contributed by atoms with E-state index in [1.807, 2.05) is 30.3 Å². The number of nitrogens with one attached hydrogen (secondary N) is 3. The summed E-state index contributed by atoms with van der Waals surface area (Å²) in [4.78, 5) is 12.8. The van der Waals surface area contributed by atoms with Crippen LogP contribution in [0.25, 0.3) is 0 Å². The molecular formula is C15H18N4O. The Morgan fingerprint density at radius 2 is 1.90 bits per heavy atom. The Kier molecular flexibility index (Phi) is 3.52. The Bertz CT molecular complexity index is 559. The van der Waals surface area contributed by atoms with Crippen molar-refractivity contribution >= 4 is 11.7 Å². The average Bonchev–Trinajstić information content (AvgIpc) is 3.02. The van der Waals surface area contributed by atoms with Crippen LogP contribution in [0.3, 0.4) is 0 Å². The van der Waals surface area contributed by atoms with E-state index in [2.05, 4.69) is 20.8 Å². The van der Waals surface area contributed by atoms with Crippen molar-refractivity contribution in [2.24, 2.45) is 0 Å². The summed E-state index contributed by atoms with van der Waals surface area (Å²) in [5, 5.41) is 12.9. The summed E-state index contributed by atoms with van der Waals surface area (Å²) < 4.78 is 0. The first-order chi connectivity index (χ1) is 9.81. The molecule has 1 aromatic carbocycles. The number of anilines is 1. The molecule has 2 aromatic rings. The molecule has 20 heavy (non-hydrogen) atoms. The van der Waals surface area contributed by atoms with Crippen LogP contribution in [0.2, 0.25) is 0 Å². The minimum atomic E-state index is -0.461. The standard InChI is InChI=1S/C15H18N4O/c20-14(18-13-6-9-17-19-13)15(7-10-16-11-8-15)12-4-2-1-3-5-12/h1-6,9,16H,7-8,10-11H2,(H2,17,18,19,20). The SMILES string of the molecule is O=C(Nc1ccn[nH]1)C1(c2ccccc2)CCNCC1. The van der Waals surface area contributed by atoms with Crippen molar-refractivity contribution in [2.75, 3.05) is 18.4 Å². The Balaban J connectivity index is 1.91. The first-order valence-electron chi connectivity index (χ1n) is 6.88. The van der Waals surface area contributed by atoms with E-state index >= 15 is 0 Å². The second-order valence-electron chi connectivity index (χ2n) is 5.12. The van der Waals surface area contributed by atoms with E-state index in [0.29, 0.717) is 5.82 Å². The van der Waals surface area contributed by atoms with Gasteiger partial charge < -0.3 is 10.6 Å². The van der Waals surface area contributed by atoms with Crippen LogP contribution >= 0.6 is 0 Å². The molecule has 0 radical (unpaired) electrons. The smallest absolute Gasteiger partial charge is 0.236 e. The predicted octanol–water partition coefficient (Wildman–Crippen LogP) is 1.67. The molecule has 0 spiro atoms. The Hall–Kier alpha value is -2.14. The van der Waals surface area contributed by atoms with Gasteiger partial charge in [-0.3, -0.25) is 9.89 Å². The van der Waals surface area contributed by atoms with Gasteiger partial charge in [0.1, 0.15) is 5.82 Å². The minimum Gasteiger partial charge on any atom is -0.317 e. The fourth-order valence-corrected chi connectivity index (χ4v) is 2.83. The van der Waals surface area contributed by atoms with Crippen LogP contribution < -0.4 is 10.6 Å². The van der Waals surface area contributed by atoms with E-state index in [1.54, 1.807) is 12.3 Å². The van der Waals surface area contributed by atoms with Crippen molar-refractivity contribution < 1.29 is 4.79 Å². The number of rotatable bonds is 3. The van der Waals surface area contributed by atoms with Crippen LogP contribution in [0.4, 0.5) is 5.82 Å². The normalized spacial score (nSPS) is 17.6. The molecule has 0 bridgehead atoms. The van der Waals surface area contributed by atoms with Crippen LogP contribution in [-0.4, -0.2) is 29.2 Å². The minimum absolute atomic E-state index is 0.0365. The van der Waals surface area contributed by atoms with Gasteiger partial charge in [0.2, 0.25) is 5.91 Å². The van der Waals surface area contributed by atoms with Gasteiger partial charge in [-0.2, -0.15) is 5.10 Å². The fraction of sp³-hybridized carbons (Fsp3) is 0.333. The summed E-state index contributed by atoms with van der Waals surface area (Å²) >= 11 is 0. The van der Waals surface area contributed by atoms with Gasteiger partial charge in [-0.1, -0.05) is 30.3 Å². The lowest BCUT2D eigenvalue weighted by Gasteiger charge is -2.36. The fourth-order valence-electron chi connectivity index (χ4n) is 2.83. The van der Waals surface area contributed by atoms with Gasteiger partial charge >= 0.3 is 0 Å². The second kappa shape index (κ2) is 5.46. The van der Waals surface area contributed by atoms with Crippen LogP contribution in [0.1, 0.15) is 18.4 Å². The van der Waals surface area contributed by atoms with Crippen molar-refractivity contribution in [3.05, 3.63) is 48.2 Å². The molecule has 0 aliphatic carbocycles. The number of amides is 1. The van der Waals surface area contributed by atoms with Crippen LogP contribution in [-0.2, 0) is 10.2 Å². The first-order valence-corrected chi connectivity index (χ1v) is 6.88. The quantitative estimate of drug-likeness (QED) is 0.794. The van der Waals surface area contributed by atoms with Crippen molar-refractivity contribution in [1.29, 1.82) is 0 Å². The van der Waals surface area contributed by atoms with Gasteiger partial charge in [0, 0.05) is 6.07 Å². The number of piperidine rings is 1. The molecule has 1 saturated heterocycles. The maximum absolute atomic E-state index is 12.8. The molecule has 0 atom stereocenters. The molecule has 0 saturated carbocycles. The average molecular weight is 270 g/mol. The monoisotopic (exact) mass is 270 g/mol. The van der Waals surface area contributed by atoms with Crippen LogP contribution in [0, 0.1) is 0 Å². The van der Waals surface area contributed by atoms with Gasteiger partial charge in [-0.15, -0.1) is 0 Å². The first kappa shape index (κ1) is 12.9. The third-order valence-electron chi connectivity index (χ3n) is 3.97. The molecule has 1 amide bonds. The third kappa shape index (κ3) is 2.32. The summed E-state index contributed by atoms with van der Waals surface area (Å²) in [6, 6.07) is 11.8. The molecular weight excluding hydrogens is 252 g/mol. The zero-order chi connectivity index (χ0) is 13.8. The predicted molar refractivity (Wildman–Crippen MR) is 77.4 cm³/mol. The highest BCUT2D eigenvalue weighted by molar-refractivity contribution is 5.98. The lowest BCUT2D eigenvalue weighted by Crippen LogP contribution is -2.48. The molecule has 104 valence electrons. The zero-order valence-electron chi connectivity index (χ0n) is 11.2. The Labute approximate surface area is 117 Å². The van der Waals surface area contributed by atoms with E-state index in [0.717, 1.165) is 31.5 Å². The second-order valence-corrected chi connectivity index (χ2v) is 5.12. The number of aromatic amines is 1. The molecule has 1 fully saturated rings. The number of carbonyl (C=O) groups is 1. The zero-order valence-corrected chi connectivity index (χ0v) is 11.2. The van der Waals surface area contributed by atoms with Crippen molar-refractivity contribution in [3.63, 3.8) is 0 Å². The number of nitrogens with zero attached hydrogens (tertiary/aromatic N) is 1. The van der Waals surface area contributed by atoms with E-state index in [1.165, 1.54) is 0 Å². The van der Waals surface area contributed by atoms with Gasteiger partial charge in [0.15, 0.2) is 0 Å². The highest BCUT2D eigenvalue weighted by Gasteiger charge is 2.41. The summed E-state index contributed by atoms with van der Waals surface area (Å²) in [6.07, 6.45) is 3.24. The largest absolute Gasteiger partial charge is 0.317 e. The van der Waals surface area contributed by atoms with Crippen LogP contribution in [0.15, 0.2) is 42.6 Å². The topological polar surface area (TPSA) is 69.8 Å². The molecule has 5 nitrogen and oxygen atoms in total. The summed E-state index contributed by atoms with van der Waals surface area (Å²) in [5.41, 5.74) is 0.621. The summed E-state index contributed by atoms with van der Waals surface area (Å²) in [6.45, 7) is 1.70. The van der Waals surface area contributed by atoms with Crippen molar-refractivity contribution in [2.45, 2.75) is 18.3 Å². The van der Waals surface area contributed by atoms with E-state index in [-0.39, 0.29) is 5.91 Å². The highest BCUT2D eigenvalue weighted by Crippen LogP contribution is 2.34. The van der Waals surface area contributed by atoms with Crippen molar-refractivity contribution in [1.82, 2.24) is 15.5 Å². The lowest BCUT2D eigenvalue weighted by molar-refractivity contribution is -0.122. The third-order valence-corrected chi connectivity index (χ3v) is 3.97. The Morgan fingerprint density at radius 3 is 2.55 bits per heavy atom. The van der Waals surface area contributed by atoms with Gasteiger partial charge in [0.05, 0.1) is 11.6 Å². The molecule has 5 heteroatoms. The maximum atomic E-state index is 12.8. The molecule has 0 unspecified atom stereocenters. The summed E-state index contributed by atoms with van der Waals surface area (Å²) in [5.74, 6) is 0.679. The summed E-state index contributed by atoms with van der Waals surface area (Å²) in [7, 11) is 0. The number of benzene rings is 1. The number of hydrogen-bond acceptors (Lipinski definition) is 3. The number of aromatic nitrogens is 2. The van der Waals surface area contributed by atoms with Crippen molar-refractivity contribution in [3.8, 4) is 0 Å². The molecule has 1 aliphatic rings. The molecule has 1 aliphatic heterocycles. The molecule has 1 aromatic heterocycles. The number of H-pyrrole nitrogens is 1. The number of carbonyl (C=O) groups excluding carboxylic acids is 1. The van der Waals surface area contributed by atoms with E-state index in [4.69, 9.17) is 0 Å². The lowest BCUT2D eigenvalue weighted by atomic mass is 9.72. The van der Waals surface area contributed by atoms with Gasteiger partial charge in [-0.25, -0.2) is 0 Å². The molecule has 3 N–H and O–H groups in total. The molecule has 2 heterocycles. The van der Waals surface area contributed by atoms with Gasteiger partial charge in [-0.05, 0) is 31.5 Å². The van der Waals surface area contributed by atoms with Crippen LogP contribution in [0.5, 0.6) is 0 Å². The van der Waals surface area contributed by atoms with E-state index < -0.39 is 5.41 Å². The maximum Gasteiger partial charge on any atom is 0.236 e. The molecule has 3 rings (SSSR count). The number of hydrogen-bond donors (Lipinski definition) is 3. The van der Waals surface area contributed by atoms with E-state index in [9.17, 15) is 4.79 Å². The van der Waals surface area contributed by atoms with Gasteiger partial charge in [0.25, 0.3) is 0 Å². The Morgan fingerprint density at radius 1 is 1.15 bits per heavy atom. The highest BCUT2D eigenvalue weighted by atomic mass is 16.2.